The minimum atomic E-state index is -4.15. The Bertz CT molecular complexity index is 1620. The van der Waals surface area contributed by atoms with E-state index in [9.17, 15) is 27.7 Å². The van der Waals surface area contributed by atoms with Crippen LogP contribution in [0.4, 0.5) is 0 Å². The first-order chi connectivity index (χ1) is 21.8. The second-order valence-corrected chi connectivity index (χ2v) is 18.9. The molecule has 1 aromatic rings. The van der Waals surface area contributed by atoms with E-state index in [2.05, 4.69) is 59.5 Å². The van der Waals surface area contributed by atoms with Crippen molar-refractivity contribution >= 4 is 57.1 Å². The Morgan fingerprint density at radius 1 is 0.917 bits per heavy atom. The van der Waals surface area contributed by atoms with Gasteiger partial charge in [0.15, 0.2) is 0 Å². The number of rotatable bonds is 7. The Hall–Kier alpha value is -1.45. The van der Waals surface area contributed by atoms with Crippen LogP contribution in [0.15, 0.2) is 42.5 Å². The van der Waals surface area contributed by atoms with Crippen molar-refractivity contribution in [3.05, 3.63) is 53.6 Å². The van der Waals surface area contributed by atoms with Crippen LogP contribution in [0, 0.1) is 56.7 Å². The zero-order valence-electron chi connectivity index (χ0n) is 29.2. The van der Waals surface area contributed by atoms with E-state index in [-0.39, 0.29) is 75.5 Å². The van der Waals surface area contributed by atoms with Crippen molar-refractivity contribution in [3.63, 3.8) is 0 Å². The van der Waals surface area contributed by atoms with Crippen LogP contribution in [0.2, 0.25) is 0 Å². The summed E-state index contributed by atoms with van der Waals surface area (Å²) < 4.78 is 32.1. The molecule has 7 nitrogen and oxygen atoms in total. The third-order valence-corrected chi connectivity index (χ3v) is 15.9. The van der Waals surface area contributed by atoms with Crippen LogP contribution >= 0.6 is 0 Å². The standard InChI is InChI=1S/C39H55NO6S.Na.H/c1-24(2)27-14-19-39(34(43)40-22-23-47(44,45)46)21-20-37(6)29(32(27)39)12-13-31-36(5)17-15-28(25-8-10-26(11-9-25)33(41)42)35(3,4)30(36)16-18-38(31,37)7;;/h8-11,15,27,29-32H,1,12-14,16-23H2,2-7H3,(H,40,43)(H,41,42)(H,44,45,46);;/t27-,29+,30-,31+,32+,36-,37+,38+,39-;;/m0../s1. The molecule has 1 amide bonds. The summed E-state index contributed by atoms with van der Waals surface area (Å²) in [4.78, 5) is 25.6. The predicted octanol–water partition coefficient (Wildman–Crippen LogP) is 7.39. The Morgan fingerprint density at radius 3 is 2.19 bits per heavy atom. The molecule has 4 saturated carbocycles. The first-order valence-electron chi connectivity index (χ1n) is 17.7. The van der Waals surface area contributed by atoms with E-state index >= 15 is 0 Å². The molecule has 5 aliphatic rings. The molecule has 0 aliphatic heterocycles. The van der Waals surface area contributed by atoms with Crippen molar-refractivity contribution in [2.75, 3.05) is 12.3 Å². The van der Waals surface area contributed by atoms with Gasteiger partial charge in [-0.1, -0.05) is 65.0 Å². The van der Waals surface area contributed by atoms with Crippen molar-refractivity contribution in [2.45, 2.75) is 99.3 Å². The molecule has 0 bridgehead atoms. The maximum atomic E-state index is 14.1. The van der Waals surface area contributed by atoms with E-state index in [0.29, 0.717) is 23.3 Å². The first-order valence-corrected chi connectivity index (χ1v) is 19.4. The summed E-state index contributed by atoms with van der Waals surface area (Å²) in [6.45, 7) is 18.9. The van der Waals surface area contributed by atoms with Crippen molar-refractivity contribution in [2.24, 2.45) is 56.7 Å². The number of allylic oxidation sites excluding steroid dienone is 3. The number of nitrogens with one attached hydrogen (secondary N) is 1. The van der Waals surface area contributed by atoms with Crippen LogP contribution in [0.3, 0.4) is 0 Å². The van der Waals surface area contributed by atoms with Crippen LogP contribution in [-0.4, -0.2) is 71.8 Å². The molecule has 3 N–H and O–H groups in total. The molecule has 0 unspecified atom stereocenters. The minimum absolute atomic E-state index is 0. The van der Waals surface area contributed by atoms with E-state index in [1.807, 2.05) is 12.1 Å². The molecule has 0 heterocycles. The second kappa shape index (κ2) is 12.6. The average molecular weight is 690 g/mol. The zero-order chi connectivity index (χ0) is 34.4. The maximum absolute atomic E-state index is 14.1. The molecule has 0 spiro atoms. The molecule has 0 saturated heterocycles. The molecular formula is C39H56NNaO6S. The van der Waals surface area contributed by atoms with Gasteiger partial charge in [-0.25, -0.2) is 4.79 Å². The number of carboxylic acids is 1. The summed E-state index contributed by atoms with van der Waals surface area (Å²) in [5, 5.41) is 12.4. The van der Waals surface area contributed by atoms with Gasteiger partial charge in [-0.05, 0) is 139 Å². The van der Waals surface area contributed by atoms with Crippen LogP contribution < -0.4 is 5.32 Å². The number of hydrogen-bond donors (Lipinski definition) is 3. The molecule has 0 aromatic heterocycles. The normalized spacial score (nSPS) is 39.7. The molecule has 9 atom stereocenters. The van der Waals surface area contributed by atoms with E-state index < -0.39 is 27.3 Å². The van der Waals surface area contributed by atoms with Crippen molar-refractivity contribution in [3.8, 4) is 0 Å². The molecule has 4 fully saturated rings. The van der Waals surface area contributed by atoms with Crippen LogP contribution in [-0.2, 0) is 14.9 Å². The average Bonchev–Trinajstić information content (AvgIpc) is 3.38. The number of carboxylic acid groups (broad SMARTS) is 1. The van der Waals surface area contributed by atoms with Crippen LogP contribution in [0.25, 0.3) is 5.57 Å². The summed E-state index contributed by atoms with van der Waals surface area (Å²) in [6.07, 6.45) is 11.5. The fourth-order valence-corrected chi connectivity index (χ4v) is 13.3. The molecular weight excluding hydrogens is 633 g/mol. The molecule has 0 radical (unpaired) electrons. The number of benzene rings is 1. The number of hydrogen-bond acceptors (Lipinski definition) is 4. The second-order valence-electron chi connectivity index (χ2n) is 17.3. The Morgan fingerprint density at radius 2 is 1.58 bits per heavy atom. The van der Waals surface area contributed by atoms with E-state index in [1.165, 1.54) is 5.57 Å². The molecule has 48 heavy (non-hydrogen) atoms. The van der Waals surface area contributed by atoms with Gasteiger partial charge in [0.05, 0.1) is 16.7 Å². The first kappa shape index (κ1) is 37.8. The molecule has 5 aliphatic carbocycles. The van der Waals surface area contributed by atoms with Gasteiger partial charge in [0, 0.05) is 6.54 Å². The fraction of sp³-hybridized carbons (Fsp3) is 0.692. The Labute approximate surface area is 310 Å². The molecule has 6 rings (SSSR count). The van der Waals surface area contributed by atoms with Gasteiger partial charge in [0.25, 0.3) is 10.1 Å². The summed E-state index contributed by atoms with van der Waals surface area (Å²) in [7, 11) is -4.15. The summed E-state index contributed by atoms with van der Waals surface area (Å²) in [5.41, 5.74) is 3.63. The van der Waals surface area contributed by atoms with Crippen molar-refractivity contribution in [1.82, 2.24) is 5.32 Å². The zero-order valence-corrected chi connectivity index (χ0v) is 30.0. The fourth-order valence-electron chi connectivity index (χ4n) is 12.9. The van der Waals surface area contributed by atoms with Gasteiger partial charge >= 0.3 is 35.5 Å². The van der Waals surface area contributed by atoms with Gasteiger partial charge in [0.1, 0.15) is 0 Å². The Balaban J connectivity index is 0.00000451. The SMILES string of the molecule is C=C(C)[C@@H]1CC[C@]2(C(=O)NCCS(=O)(=O)O)CC[C@]3(C)[C@H](CC[C@@H]4[C@@]5(C)CC=C(c6ccc(C(=O)O)cc6)C(C)(C)[C@@H]5CC[C@]43C)[C@@H]12.[NaH]. The third kappa shape index (κ3) is 5.63. The number of amides is 1. The predicted molar refractivity (Wildman–Crippen MR) is 192 cm³/mol. The molecule has 9 heteroatoms. The third-order valence-electron chi connectivity index (χ3n) is 15.2. The number of carbonyl (C=O) groups excluding carboxylic acids is 1. The number of carbonyl (C=O) groups is 2. The Kier molecular flexibility index (Phi) is 9.96. The number of fused-ring (bicyclic) bond motifs is 7. The summed E-state index contributed by atoms with van der Waals surface area (Å²) >= 11 is 0. The quantitative estimate of drug-likeness (QED) is 0.156. The van der Waals surface area contributed by atoms with Crippen molar-refractivity contribution < 1.29 is 27.7 Å². The van der Waals surface area contributed by atoms with Gasteiger partial charge in [0.2, 0.25) is 5.91 Å². The van der Waals surface area contributed by atoms with Gasteiger partial charge in [-0.15, -0.1) is 0 Å². The van der Waals surface area contributed by atoms with E-state index in [0.717, 1.165) is 68.9 Å². The molecule has 1 aromatic carbocycles. The van der Waals surface area contributed by atoms with E-state index in [1.54, 1.807) is 12.1 Å². The number of aromatic carboxylic acids is 1. The van der Waals surface area contributed by atoms with E-state index in [4.69, 9.17) is 0 Å². The summed E-state index contributed by atoms with van der Waals surface area (Å²) in [5.74, 6) is 0.459. The van der Waals surface area contributed by atoms with Gasteiger partial charge in [-0.2, -0.15) is 8.42 Å². The van der Waals surface area contributed by atoms with Gasteiger partial charge < -0.3 is 10.4 Å². The monoisotopic (exact) mass is 689 g/mol. The summed E-state index contributed by atoms with van der Waals surface area (Å²) in [6, 6.07) is 7.40. The molecule has 260 valence electrons. The van der Waals surface area contributed by atoms with Crippen molar-refractivity contribution in [1.29, 1.82) is 0 Å². The van der Waals surface area contributed by atoms with Crippen LogP contribution in [0.1, 0.15) is 115 Å². The van der Waals surface area contributed by atoms with Gasteiger partial charge in [-0.3, -0.25) is 9.35 Å². The topological polar surface area (TPSA) is 121 Å². The van der Waals surface area contributed by atoms with Crippen LogP contribution in [0.5, 0.6) is 0 Å².